The number of nitrogens with zero attached hydrogens (tertiary/aromatic N) is 5. The van der Waals surface area contributed by atoms with E-state index in [-0.39, 0.29) is 5.69 Å². The second kappa shape index (κ2) is 5.49. The minimum atomic E-state index is -0.161. The van der Waals surface area contributed by atoms with Crippen molar-refractivity contribution in [3.63, 3.8) is 0 Å². The summed E-state index contributed by atoms with van der Waals surface area (Å²) in [5, 5.41) is 7.22. The summed E-state index contributed by atoms with van der Waals surface area (Å²) < 4.78 is 3.53. The topological polar surface area (TPSA) is 80.9 Å². The minimum Gasteiger partial charge on any atom is -0.291 e. The van der Waals surface area contributed by atoms with E-state index in [1.807, 2.05) is 29.8 Å². The molecule has 0 aliphatic rings. The van der Waals surface area contributed by atoms with Crippen molar-refractivity contribution in [3.8, 4) is 0 Å². The fraction of sp³-hybridized carbons (Fsp3) is 0.333. The Hall–Kier alpha value is -2.09. The zero-order chi connectivity index (χ0) is 13.9. The van der Waals surface area contributed by atoms with Crippen molar-refractivity contribution in [2.45, 2.75) is 30.8 Å². The van der Waals surface area contributed by atoms with E-state index in [0.717, 1.165) is 12.1 Å². The molecule has 0 saturated heterocycles. The highest BCUT2D eigenvalue weighted by Crippen LogP contribution is 2.19. The van der Waals surface area contributed by atoms with E-state index < -0.39 is 0 Å². The van der Waals surface area contributed by atoms with Crippen LogP contribution in [0.2, 0.25) is 0 Å². The molecule has 0 bridgehead atoms. The molecule has 104 valence electrons. The average molecular weight is 290 g/mol. The van der Waals surface area contributed by atoms with Crippen LogP contribution >= 0.6 is 11.8 Å². The lowest BCUT2D eigenvalue weighted by Gasteiger charge is -2.01. The summed E-state index contributed by atoms with van der Waals surface area (Å²) >= 11 is 1.49. The van der Waals surface area contributed by atoms with Crippen molar-refractivity contribution in [1.29, 1.82) is 0 Å². The number of aromatic amines is 1. The highest BCUT2D eigenvalue weighted by atomic mass is 32.2. The van der Waals surface area contributed by atoms with E-state index in [1.165, 1.54) is 11.8 Å². The summed E-state index contributed by atoms with van der Waals surface area (Å²) in [6.45, 7) is 2.70. The largest absolute Gasteiger partial charge is 0.343 e. The Morgan fingerprint density at radius 1 is 1.45 bits per heavy atom. The number of aromatic nitrogens is 6. The molecule has 0 unspecified atom stereocenters. The molecule has 3 heterocycles. The molecule has 1 N–H and O–H groups in total. The van der Waals surface area contributed by atoms with E-state index in [4.69, 9.17) is 0 Å². The smallest absolute Gasteiger partial charge is 0.291 e. The van der Waals surface area contributed by atoms with Gasteiger partial charge in [-0.15, -0.1) is 5.10 Å². The quantitative estimate of drug-likeness (QED) is 0.717. The fourth-order valence-corrected chi connectivity index (χ4v) is 2.78. The van der Waals surface area contributed by atoms with Gasteiger partial charge in [0, 0.05) is 30.9 Å². The van der Waals surface area contributed by atoms with E-state index in [1.54, 1.807) is 10.8 Å². The zero-order valence-electron chi connectivity index (χ0n) is 11.0. The third kappa shape index (κ3) is 2.46. The number of imidazole rings is 1. The van der Waals surface area contributed by atoms with Gasteiger partial charge in [-0.1, -0.05) is 18.7 Å². The van der Waals surface area contributed by atoms with Crippen LogP contribution in [0.3, 0.4) is 0 Å². The van der Waals surface area contributed by atoms with E-state index in [9.17, 15) is 4.79 Å². The molecule has 3 aromatic heterocycles. The van der Waals surface area contributed by atoms with Gasteiger partial charge in [0.1, 0.15) is 0 Å². The molecule has 0 aliphatic heterocycles. The van der Waals surface area contributed by atoms with E-state index in [0.29, 0.717) is 23.2 Å². The van der Waals surface area contributed by atoms with Gasteiger partial charge < -0.3 is 0 Å². The summed E-state index contributed by atoms with van der Waals surface area (Å²) in [7, 11) is 0. The first-order valence-corrected chi connectivity index (χ1v) is 7.33. The van der Waals surface area contributed by atoms with Gasteiger partial charge in [-0.05, 0) is 12.5 Å². The number of thioether (sulfide) groups is 1. The Labute approximate surface area is 119 Å². The van der Waals surface area contributed by atoms with Crippen LogP contribution in [0.5, 0.6) is 0 Å². The van der Waals surface area contributed by atoms with Crippen molar-refractivity contribution in [2.75, 3.05) is 0 Å². The molecule has 8 heteroatoms. The van der Waals surface area contributed by atoms with Crippen LogP contribution in [0.15, 0.2) is 34.6 Å². The van der Waals surface area contributed by atoms with Crippen molar-refractivity contribution < 1.29 is 0 Å². The number of hydrogen-bond donors (Lipinski definition) is 1. The van der Waals surface area contributed by atoms with Gasteiger partial charge in [-0.25, -0.2) is 19.9 Å². The maximum absolute atomic E-state index is 11.6. The van der Waals surface area contributed by atoms with Gasteiger partial charge in [-0.3, -0.25) is 8.97 Å². The predicted octanol–water partition coefficient (Wildman–Crippen LogP) is 1.32. The second-order valence-corrected chi connectivity index (χ2v) is 5.25. The molecule has 0 aromatic carbocycles. The molecule has 20 heavy (non-hydrogen) atoms. The molecule has 0 amide bonds. The van der Waals surface area contributed by atoms with Gasteiger partial charge in [0.15, 0.2) is 5.16 Å². The zero-order valence-corrected chi connectivity index (χ0v) is 11.8. The number of rotatable bonds is 5. The monoisotopic (exact) mass is 290 g/mol. The lowest BCUT2D eigenvalue weighted by atomic mass is 10.5. The normalized spacial score (nSPS) is 11.2. The molecule has 0 spiro atoms. The van der Waals surface area contributed by atoms with Gasteiger partial charge in [0.25, 0.3) is 0 Å². The first kappa shape index (κ1) is 12.9. The molecule has 0 aliphatic carbocycles. The van der Waals surface area contributed by atoms with Crippen molar-refractivity contribution in [3.05, 3.63) is 40.8 Å². The van der Waals surface area contributed by atoms with Crippen LogP contribution in [-0.4, -0.2) is 29.1 Å². The number of nitrogens with one attached hydrogen (secondary N) is 1. The first-order chi connectivity index (χ1) is 9.78. The number of H-pyrrole nitrogens is 1. The maximum atomic E-state index is 11.6. The Morgan fingerprint density at radius 2 is 2.35 bits per heavy atom. The highest BCUT2D eigenvalue weighted by Gasteiger charge is 2.09. The lowest BCUT2D eigenvalue weighted by molar-refractivity contribution is 0.604. The second-order valence-electron chi connectivity index (χ2n) is 4.31. The fourth-order valence-electron chi connectivity index (χ4n) is 1.92. The van der Waals surface area contributed by atoms with E-state index >= 15 is 0 Å². The first-order valence-electron chi connectivity index (χ1n) is 6.34. The van der Waals surface area contributed by atoms with Gasteiger partial charge in [-0.2, -0.15) is 0 Å². The number of hydrogen-bond acceptors (Lipinski definition) is 5. The maximum Gasteiger partial charge on any atom is 0.343 e. The summed E-state index contributed by atoms with van der Waals surface area (Å²) in [4.78, 5) is 20.2. The summed E-state index contributed by atoms with van der Waals surface area (Å²) in [5.74, 6) is 1.33. The molecule has 3 aromatic rings. The van der Waals surface area contributed by atoms with Crippen molar-refractivity contribution in [2.24, 2.45) is 0 Å². The van der Waals surface area contributed by atoms with Gasteiger partial charge in [0.05, 0.1) is 5.69 Å². The summed E-state index contributed by atoms with van der Waals surface area (Å²) in [6.07, 6.45) is 6.45. The molecule has 0 atom stereocenters. The van der Waals surface area contributed by atoms with Crippen LogP contribution in [0.25, 0.3) is 5.78 Å². The van der Waals surface area contributed by atoms with Gasteiger partial charge >= 0.3 is 5.69 Å². The molecule has 0 radical (unpaired) electrons. The van der Waals surface area contributed by atoms with Crippen LogP contribution in [-0.2, 0) is 12.3 Å². The Morgan fingerprint density at radius 3 is 3.15 bits per heavy atom. The number of fused-ring (bicyclic) bond motifs is 1. The Kier molecular flexibility index (Phi) is 3.55. The molecular formula is C12H14N6OS. The molecular weight excluding hydrogens is 276 g/mol. The summed E-state index contributed by atoms with van der Waals surface area (Å²) in [6, 6.07) is 1.86. The van der Waals surface area contributed by atoms with Crippen LogP contribution < -0.4 is 5.69 Å². The third-order valence-electron chi connectivity index (χ3n) is 2.81. The van der Waals surface area contributed by atoms with E-state index in [2.05, 4.69) is 20.2 Å². The molecule has 3 rings (SSSR count). The lowest BCUT2D eigenvalue weighted by Crippen LogP contribution is -2.17. The van der Waals surface area contributed by atoms with Crippen molar-refractivity contribution >= 4 is 17.5 Å². The van der Waals surface area contributed by atoms with Gasteiger partial charge in [0.2, 0.25) is 5.78 Å². The standard InChI is InChI=1S/C12H14N6OS/c1-2-5-18-11(19)15-16-12(18)20-8-9-7-17-6-3-4-13-10(17)14-9/h3-4,6-7H,2,5,8H2,1H3,(H,15,19). The Bertz CT molecular complexity index is 740. The minimum absolute atomic E-state index is 0.161. The summed E-state index contributed by atoms with van der Waals surface area (Å²) in [5.41, 5.74) is 0.748. The molecule has 0 fully saturated rings. The highest BCUT2D eigenvalue weighted by molar-refractivity contribution is 7.98. The van der Waals surface area contributed by atoms with Crippen LogP contribution in [0.1, 0.15) is 19.0 Å². The SMILES string of the molecule is CCCn1c(SCc2cn3cccnc3n2)n[nH]c1=O. The van der Waals surface area contributed by atoms with Crippen LogP contribution in [0, 0.1) is 0 Å². The molecule has 0 saturated carbocycles. The average Bonchev–Trinajstić information content (AvgIpc) is 3.02. The molecule has 7 nitrogen and oxygen atoms in total. The van der Waals surface area contributed by atoms with Crippen molar-refractivity contribution in [1.82, 2.24) is 29.1 Å². The predicted molar refractivity (Wildman–Crippen MR) is 75.7 cm³/mol. The third-order valence-corrected chi connectivity index (χ3v) is 3.81. The van der Waals surface area contributed by atoms with Crippen LogP contribution in [0.4, 0.5) is 0 Å². The Balaban J connectivity index is 1.77.